The summed E-state index contributed by atoms with van der Waals surface area (Å²) in [5.41, 5.74) is 3.19. The Bertz CT molecular complexity index is 1140. The van der Waals surface area contributed by atoms with Gasteiger partial charge in [0, 0.05) is 30.2 Å². The average Bonchev–Trinajstić information content (AvgIpc) is 3.19. The Morgan fingerprint density at radius 3 is 2.72 bits per heavy atom. The molecule has 0 radical (unpaired) electrons. The lowest BCUT2D eigenvalue weighted by Crippen LogP contribution is -2.34. The molecule has 3 aromatic rings. The maximum Gasteiger partial charge on any atom is 0.232 e. The molecule has 29 heavy (non-hydrogen) atoms. The summed E-state index contributed by atoms with van der Waals surface area (Å²) in [5, 5.41) is 0.755. The Balaban J connectivity index is 1.50. The van der Waals surface area contributed by atoms with Gasteiger partial charge in [-0.2, -0.15) is 0 Å². The molecule has 6 nitrogen and oxygen atoms in total. The fourth-order valence-corrected chi connectivity index (χ4v) is 5.34. The second-order valence-corrected chi connectivity index (χ2v) is 9.76. The number of benzene rings is 2. The van der Waals surface area contributed by atoms with E-state index in [1.807, 2.05) is 47.2 Å². The van der Waals surface area contributed by atoms with Gasteiger partial charge in [-0.1, -0.05) is 30.0 Å². The molecule has 0 spiro atoms. The van der Waals surface area contributed by atoms with Crippen LogP contribution in [0.5, 0.6) is 0 Å². The molecule has 1 aliphatic heterocycles. The van der Waals surface area contributed by atoms with Gasteiger partial charge in [0.05, 0.1) is 17.7 Å². The van der Waals surface area contributed by atoms with Crippen LogP contribution in [-0.4, -0.2) is 42.3 Å². The monoisotopic (exact) mass is 427 g/mol. The van der Waals surface area contributed by atoms with Gasteiger partial charge in [0.2, 0.25) is 10.0 Å². The average molecular weight is 428 g/mol. The van der Waals surface area contributed by atoms with E-state index < -0.39 is 10.0 Å². The van der Waals surface area contributed by atoms with Gasteiger partial charge in [-0.25, -0.2) is 13.4 Å². The first-order chi connectivity index (χ1) is 13.9. The van der Waals surface area contributed by atoms with Crippen LogP contribution in [0, 0.1) is 0 Å². The zero-order chi connectivity index (χ0) is 20.4. The van der Waals surface area contributed by atoms with Crippen molar-refractivity contribution in [3.63, 3.8) is 0 Å². The number of para-hydroxylation sites is 1. The molecule has 4 rings (SSSR count). The van der Waals surface area contributed by atoms with Gasteiger partial charge in [-0.3, -0.25) is 13.7 Å². The van der Waals surface area contributed by atoms with E-state index in [0.717, 1.165) is 29.2 Å². The molecule has 0 atom stereocenters. The van der Waals surface area contributed by atoms with E-state index in [0.29, 0.717) is 17.8 Å². The number of hydrogen-bond acceptors (Lipinski definition) is 5. The maximum atomic E-state index is 12.8. The largest absolute Gasteiger partial charge is 0.295 e. The van der Waals surface area contributed by atoms with Gasteiger partial charge < -0.3 is 0 Å². The number of Topliss-reactive ketones (excluding diaryl/α,β-unsaturated/α-hetero) is 1. The number of sulfonamides is 1. The van der Waals surface area contributed by atoms with E-state index in [-0.39, 0.29) is 11.5 Å². The van der Waals surface area contributed by atoms with Crippen molar-refractivity contribution in [3.05, 3.63) is 72.1 Å². The van der Waals surface area contributed by atoms with Crippen molar-refractivity contribution in [2.45, 2.75) is 18.0 Å². The highest BCUT2D eigenvalue weighted by atomic mass is 32.2. The molecule has 150 valence electrons. The minimum Gasteiger partial charge on any atom is -0.295 e. The molecule has 0 bridgehead atoms. The van der Waals surface area contributed by atoms with E-state index in [9.17, 15) is 13.2 Å². The molecule has 1 aliphatic rings. The molecule has 0 saturated heterocycles. The van der Waals surface area contributed by atoms with Crippen LogP contribution in [0.1, 0.15) is 22.3 Å². The van der Waals surface area contributed by atoms with Crippen molar-refractivity contribution >= 4 is 33.3 Å². The van der Waals surface area contributed by atoms with Crippen LogP contribution in [0.3, 0.4) is 0 Å². The van der Waals surface area contributed by atoms with Gasteiger partial charge in [0.25, 0.3) is 0 Å². The minimum absolute atomic E-state index is 0.00288. The molecular formula is C21H21N3O3S2. The Morgan fingerprint density at radius 1 is 1.17 bits per heavy atom. The molecule has 0 saturated carbocycles. The van der Waals surface area contributed by atoms with Crippen molar-refractivity contribution in [1.82, 2.24) is 9.55 Å². The van der Waals surface area contributed by atoms with Crippen LogP contribution in [0.2, 0.25) is 0 Å². The standard InChI is InChI=1S/C21H21N3O3S2/c1-29(26,27)24-12-5-6-16-14-17(9-10-19(16)24)20(25)15-28-21-22-11-13-23(21)18-7-3-2-4-8-18/h2-4,7-11,13-14H,5-6,12,15H2,1H3. The summed E-state index contributed by atoms with van der Waals surface area (Å²) < 4.78 is 27.4. The zero-order valence-corrected chi connectivity index (χ0v) is 17.6. The summed E-state index contributed by atoms with van der Waals surface area (Å²) in [6, 6.07) is 15.2. The van der Waals surface area contributed by atoms with Crippen molar-refractivity contribution in [3.8, 4) is 5.69 Å². The summed E-state index contributed by atoms with van der Waals surface area (Å²) in [4.78, 5) is 17.1. The molecule has 0 amide bonds. The summed E-state index contributed by atoms with van der Waals surface area (Å²) in [6.45, 7) is 0.483. The third kappa shape index (κ3) is 4.23. The smallest absolute Gasteiger partial charge is 0.232 e. The van der Waals surface area contributed by atoms with Gasteiger partial charge in [0.15, 0.2) is 10.9 Å². The van der Waals surface area contributed by atoms with Gasteiger partial charge in [-0.15, -0.1) is 0 Å². The lowest BCUT2D eigenvalue weighted by Gasteiger charge is -2.29. The second kappa shape index (κ2) is 8.04. The molecule has 0 N–H and O–H groups in total. The number of anilines is 1. The van der Waals surface area contributed by atoms with Crippen LogP contribution in [0.15, 0.2) is 66.1 Å². The van der Waals surface area contributed by atoms with Crippen molar-refractivity contribution in [2.24, 2.45) is 0 Å². The second-order valence-electron chi connectivity index (χ2n) is 6.91. The molecule has 1 aromatic heterocycles. The first kappa shape index (κ1) is 19.7. The fourth-order valence-electron chi connectivity index (χ4n) is 3.48. The number of aryl methyl sites for hydroxylation is 1. The lowest BCUT2D eigenvalue weighted by molar-refractivity contribution is 0.102. The third-order valence-corrected chi connectivity index (χ3v) is 7.00. The summed E-state index contributed by atoms with van der Waals surface area (Å²) >= 11 is 1.39. The number of rotatable bonds is 6. The maximum absolute atomic E-state index is 12.8. The quantitative estimate of drug-likeness (QED) is 0.444. The third-order valence-electron chi connectivity index (χ3n) is 4.85. The molecular weight excluding hydrogens is 406 g/mol. The van der Waals surface area contributed by atoms with Crippen LogP contribution in [0.25, 0.3) is 5.69 Å². The highest BCUT2D eigenvalue weighted by Gasteiger charge is 2.24. The van der Waals surface area contributed by atoms with E-state index in [2.05, 4.69) is 4.98 Å². The van der Waals surface area contributed by atoms with Gasteiger partial charge >= 0.3 is 0 Å². The Labute approximate surface area is 174 Å². The highest BCUT2D eigenvalue weighted by molar-refractivity contribution is 7.99. The number of nitrogens with zero attached hydrogens (tertiary/aromatic N) is 3. The number of ketones is 1. The van der Waals surface area contributed by atoms with E-state index in [4.69, 9.17) is 0 Å². The number of carbonyl (C=O) groups excluding carboxylic acids is 1. The molecule has 8 heteroatoms. The van der Waals surface area contributed by atoms with Crippen molar-refractivity contribution in [1.29, 1.82) is 0 Å². The Hall–Kier alpha value is -2.58. The van der Waals surface area contributed by atoms with Gasteiger partial charge in [-0.05, 0) is 48.7 Å². The topological polar surface area (TPSA) is 72.3 Å². The number of imidazole rings is 1. The SMILES string of the molecule is CS(=O)(=O)N1CCCc2cc(C(=O)CSc3nccn3-c3ccccc3)ccc21. The predicted octanol–water partition coefficient (Wildman–Crippen LogP) is 3.56. The van der Waals surface area contributed by atoms with Crippen molar-refractivity contribution < 1.29 is 13.2 Å². The first-order valence-electron chi connectivity index (χ1n) is 9.29. The van der Waals surface area contributed by atoms with E-state index >= 15 is 0 Å². The summed E-state index contributed by atoms with van der Waals surface area (Å²) in [7, 11) is -3.31. The number of hydrogen-bond donors (Lipinski definition) is 0. The van der Waals surface area contributed by atoms with Crippen molar-refractivity contribution in [2.75, 3.05) is 22.9 Å². The van der Waals surface area contributed by atoms with Crippen LogP contribution in [-0.2, 0) is 16.4 Å². The first-order valence-corrected chi connectivity index (χ1v) is 12.1. The van der Waals surface area contributed by atoms with Gasteiger partial charge in [0.1, 0.15) is 0 Å². The van der Waals surface area contributed by atoms with E-state index in [1.165, 1.54) is 22.3 Å². The molecule has 0 aliphatic carbocycles. The zero-order valence-electron chi connectivity index (χ0n) is 16.0. The fraction of sp³-hybridized carbons (Fsp3) is 0.238. The van der Waals surface area contributed by atoms with Crippen LogP contribution < -0.4 is 4.31 Å². The molecule has 2 aromatic carbocycles. The van der Waals surface area contributed by atoms with E-state index in [1.54, 1.807) is 18.3 Å². The predicted molar refractivity (Wildman–Crippen MR) is 116 cm³/mol. The summed E-state index contributed by atoms with van der Waals surface area (Å²) in [6.07, 6.45) is 6.33. The minimum atomic E-state index is -3.31. The molecule has 0 fully saturated rings. The highest BCUT2D eigenvalue weighted by Crippen LogP contribution is 2.30. The number of thioether (sulfide) groups is 1. The molecule has 0 unspecified atom stereocenters. The number of fused-ring (bicyclic) bond motifs is 1. The summed E-state index contributed by atoms with van der Waals surface area (Å²) in [5.74, 6) is 0.259. The Morgan fingerprint density at radius 2 is 1.97 bits per heavy atom. The number of aromatic nitrogens is 2. The molecule has 2 heterocycles. The normalized spacial score (nSPS) is 13.9. The van der Waals surface area contributed by atoms with Crippen LogP contribution >= 0.6 is 11.8 Å². The Kier molecular flexibility index (Phi) is 5.47. The lowest BCUT2D eigenvalue weighted by atomic mass is 9.99. The number of carbonyl (C=O) groups is 1. The van der Waals surface area contributed by atoms with Crippen LogP contribution in [0.4, 0.5) is 5.69 Å².